The van der Waals surface area contributed by atoms with Gasteiger partial charge in [0.25, 0.3) is 5.56 Å². The van der Waals surface area contributed by atoms with Crippen LogP contribution in [-0.2, 0) is 6.54 Å². The molecule has 0 fully saturated rings. The standard InChI is InChI=1S/C26H24N4O4/c1-16-8-10-18(11-9-16)20-14-22-26(31)29(12-13-30(22)28-20)15-21-17(2)34-25(27-21)19-6-5-7-23(32-3)24(19)33-4/h5-14H,15H2,1-4H3. The molecule has 0 aliphatic carbocycles. The van der Waals surface area contributed by atoms with Crippen molar-refractivity contribution in [1.29, 1.82) is 0 Å². The molecular formula is C26H24N4O4. The summed E-state index contributed by atoms with van der Waals surface area (Å²) < 4.78 is 20.0. The third-order valence-electron chi connectivity index (χ3n) is 5.80. The van der Waals surface area contributed by atoms with Crippen LogP contribution in [0.2, 0.25) is 0 Å². The van der Waals surface area contributed by atoms with Crippen LogP contribution in [0.3, 0.4) is 0 Å². The fraction of sp³-hybridized carbons (Fsp3) is 0.192. The number of fused-ring (bicyclic) bond motifs is 1. The Bertz CT molecular complexity index is 1540. The Kier molecular flexibility index (Phi) is 5.41. The second kappa shape index (κ2) is 8.55. The van der Waals surface area contributed by atoms with Gasteiger partial charge in [-0.05, 0) is 32.0 Å². The van der Waals surface area contributed by atoms with E-state index in [0.29, 0.717) is 39.9 Å². The molecule has 34 heavy (non-hydrogen) atoms. The fourth-order valence-electron chi connectivity index (χ4n) is 3.92. The van der Waals surface area contributed by atoms with Gasteiger partial charge in [-0.3, -0.25) is 4.79 Å². The molecule has 0 aliphatic heterocycles. The van der Waals surface area contributed by atoms with Crippen LogP contribution >= 0.6 is 0 Å². The maximum atomic E-state index is 13.2. The maximum absolute atomic E-state index is 13.2. The first-order valence-corrected chi connectivity index (χ1v) is 10.8. The second-order valence-corrected chi connectivity index (χ2v) is 8.02. The Labute approximate surface area is 196 Å². The van der Waals surface area contributed by atoms with E-state index in [4.69, 9.17) is 13.9 Å². The Hall–Kier alpha value is -4.33. The molecule has 0 spiro atoms. The minimum Gasteiger partial charge on any atom is -0.493 e. The van der Waals surface area contributed by atoms with E-state index in [9.17, 15) is 4.79 Å². The van der Waals surface area contributed by atoms with Crippen molar-refractivity contribution in [2.24, 2.45) is 0 Å². The van der Waals surface area contributed by atoms with E-state index in [-0.39, 0.29) is 12.1 Å². The van der Waals surface area contributed by atoms with Crippen LogP contribution in [0.25, 0.3) is 28.2 Å². The highest BCUT2D eigenvalue weighted by molar-refractivity contribution is 5.68. The highest BCUT2D eigenvalue weighted by Gasteiger charge is 2.19. The number of hydrogen-bond donors (Lipinski definition) is 0. The van der Waals surface area contributed by atoms with Crippen molar-refractivity contribution < 1.29 is 13.9 Å². The van der Waals surface area contributed by atoms with E-state index < -0.39 is 0 Å². The number of nitrogens with zero attached hydrogens (tertiary/aromatic N) is 4. The Balaban J connectivity index is 1.50. The van der Waals surface area contributed by atoms with Crippen molar-refractivity contribution in [1.82, 2.24) is 19.2 Å². The zero-order valence-corrected chi connectivity index (χ0v) is 19.4. The van der Waals surface area contributed by atoms with E-state index in [2.05, 4.69) is 10.1 Å². The molecule has 0 unspecified atom stereocenters. The summed E-state index contributed by atoms with van der Waals surface area (Å²) >= 11 is 0. The smallest absolute Gasteiger partial charge is 0.276 e. The van der Waals surface area contributed by atoms with Gasteiger partial charge in [0, 0.05) is 18.0 Å². The lowest BCUT2D eigenvalue weighted by Gasteiger charge is -2.10. The minimum atomic E-state index is -0.156. The molecule has 0 aliphatic rings. The van der Waals surface area contributed by atoms with Crippen LogP contribution in [0.5, 0.6) is 11.5 Å². The van der Waals surface area contributed by atoms with Gasteiger partial charge in [0.2, 0.25) is 5.89 Å². The van der Waals surface area contributed by atoms with Crippen molar-refractivity contribution in [3.63, 3.8) is 0 Å². The number of benzene rings is 2. The maximum Gasteiger partial charge on any atom is 0.276 e. The van der Waals surface area contributed by atoms with E-state index in [1.54, 1.807) is 35.7 Å². The van der Waals surface area contributed by atoms with Gasteiger partial charge in [-0.2, -0.15) is 5.10 Å². The van der Waals surface area contributed by atoms with E-state index in [1.807, 2.05) is 62.4 Å². The molecule has 0 atom stereocenters. The summed E-state index contributed by atoms with van der Waals surface area (Å²) in [6, 6.07) is 15.4. The van der Waals surface area contributed by atoms with Gasteiger partial charge in [-0.1, -0.05) is 35.9 Å². The van der Waals surface area contributed by atoms with Crippen LogP contribution in [0.1, 0.15) is 17.0 Å². The quantitative estimate of drug-likeness (QED) is 0.374. The van der Waals surface area contributed by atoms with Gasteiger partial charge in [0.15, 0.2) is 11.5 Å². The predicted octanol–water partition coefficient (Wildman–Crippen LogP) is 4.50. The highest BCUT2D eigenvalue weighted by Crippen LogP contribution is 2.38. The van der Waals surface area contributed by atoms with Crippen LogP contribution in [0, 0.1) is 13.8 Å². The average Bonchev–Trinajstić information content (AvgIpc) is 3.45. The Morgan fingerprint density at radius 3 is 2.53 bits per heavy atom. The van der Waals surface area contributed by atoms with E-state index in [0.717, 1.165) is 11.3 Å². The van der Waals surface area contributed by atoms with Gasteiger partial charge in [0.1, 0.15) is 17.0 Å². The van der Waals surface area contributed by atoms with Crippen molar-refractivity contribution in [2.45, 2.75) is 20.4 Å². The molecule has 3 aromatic heterocycles. The summed E-state index contributed by atoms with van der Waals surface area (Å²) in [7, 11) is 3.15. The van der Waals surface area contributed by atoms with Gasteiger partial charge >= 0.3 is 0 Å². The Morgan fingerprint density at radius 1 is 1.00 bits per heavy atom. The van der Waals surface area contributed by atoms with Gasteiger partial charge in [0.05, 0.1) is 32.0 Å². The van der Waals surface area contributed by atoms with E-state index >= 15 is 0 Å². The lowest BCUT2D eigenvalue weighted by molar-refractivity contribution is 0.355. The number of oxazole rings is 1. The molecule has 0 radical (unpaired) electrons. The zero-order chi connectivity index (χ0) is 23.8. The molecule has 2 aromatic carbocycles. The largest absolute Gasteiger partial charge is 0.493 e. The number of rotatable bonds is 6. The van der Waals surface area contributed by atoms with Gasteiger partial charge in [-0.15, -0.1) is 0 Å². The van der Waals surface area contributed by atoms with Crippen molar-refractivity contribution >= 4 is 5.52 Å². The summed E-state index contributed by atoms with van der Waals surface area (Å²) in [6.45, 7) is 4.13. The average molecular weight is 457 g/mol. The minimum absolute atomic E-state index is 0.156. The van der Waals surface area contributed by atoms with Crippen molar-refractivity contribution in [3.05, 3.63) is 88.3 Å². The first-order chi connectivity index (χ1) is 16.5. The number of aryl methyl sites for hydroxylation is 2. The number of hydrogen-bond acceptors (Lipinski definition) is 6. The fourth-order valence-corrected chi connectivity index (χ4v) is 3.92. The number of aromatic nitrogens is 4. The second-order valence-electron chi connectivity index (χ2n) is 8.02. The normalized spacial score (nSPS) is 11.2. The molecular weight excluding hydrogens is 432 g/mol. The SMILES string of the molecule is COc1cccc(-c2nc(Cn3ccn4nc(-c5ccc(C)cc5)cc4c3=O)c(C)o2)c1OC. The molecule has 0 saturated heterocycles. The summed E-state index contributed by atoms with van der Waals surface area (Å²) in [5.41, 5.74) is 4.56. The van der Waals surface area contributed by atoms with Crippen molar-refractivity contribution in [2.75, 3.05) is 14.2 Å². The molecule has 8 heteroatoms. The summed E-state index contributed by atoms with van der Waals surface area (Å²) in [5.74, 6) is 2.16. The molecule has 3 heterocycles. The predicted molar refractivity (Wildman–Crippen MR) is 129 cm³/mol. The van der Waals surface area contributed by atoms with Gasteiger partial charge in [-0.25, -0.2) is 9.50 Å². The third kappa shape index (κ3) is 3.73. The molecule has 0 saturated carbocycles. The molecule has 5 aromatic rings. The van der Waals surface area contributed by atoms with Crippen LogP contribution in [-0.4, -0.2) is 33.4 Å². The summed E-state index contributed by atoms with van der Waals surface area (Å²) in [6.07, 6.45) is 3.48. The molecule has 0 amide bonds. The zero-order valence-electron chi connectivity index (χ0n) is 19.4. The third-order valence-corrected chi connectivity index (χ3v) is 5.80. The molecule has 8 nitrogen and oxygen atoms in total. The lowest BCUT2D eigenvalue weighted by atomic mass is 10.1. The van der Waals surface area contributed by atoms with Crippen LogP contribution < -0.4 is 15.0 Å². The van der Waals surface area contributed by atoms with Crippen LogP contribution in [0.4, 0.5) is 0 Å². The van der Waals surface area contributed by atoms with Crippen molar-refractivity contribution in [3.8, 4) is 34.2 Å². The first kappa shape index (κ1) is 21.5. The van der Waals surface area contributed by atoms with Gasteiger partial charge < -0.3 is 18.5 Å². The lowest BCUT2D eigenvalue weighted by Crippen LogP contribution is -2.22. The number of methoxy groups -OCH3 is 2. The Morgan fingerprint density at radius 2 is 1.79 bits per heavy atom. The molecule has 5 rings (SSSR count). The topological polar surface area (TPSA) is 83.8 Å². The van der Waals surface area contributed by atoms with Crippen LogP contribution in [0.15, 0.2) is 70.1 Å². The number of para-hydroxylation sites is 1. The summed E-state index contributed by atoms with van der Waals surface area (Å²) in [5, 5.41) is 4.56. The monoisotopic (exact) mass is 456 g/mol. The molecule has 0 bridgehead atoms. The molecule has 0 N–H and O–H groups in total. The van der Waals surface area contributed by atoms with E-state index in [1.165, 1.54) is 5.56 Å². The molecule has 172 valence electrons. The number of ether oxygens (including phenoxy) is 2. The highest BCUT2D eigenvalue weighted by atomic mass is 16.5. The first-order valence-electron chi connectivity index (χ1n) is 10.8. The summed E-state index contributed by atoms with van der Waals surface area (Å²) in [4.78, 5) is 17.9.